The van der Waals surface area contributed by atoms with Crippen LogP contribution in [0.1, 0.15) is 35.9 Å². The minimum Gasteiger partial charge on any atom is -0.334 e. The zero-order chi connectivity index (χ0) is 12.4. The fraction of sp³-hybridized carbons (Fsp3) is 0.455. The number of alkyl halides is 1. The SMILES string of the molecule is CCC(Cl)c1noc(-c2cc(C)nnc2C)n1. The normalized spacial score (nSPS) is 12.7. The van der Waals surface area contributed by atoms with Crippen molar-refractivity contribution in [3.63, 3.8) is 0 Å². The summed E-state index contributed by atoms with van der Waals surface area (Å²) >= 11 is 6.05. The molecule has 0 fully saturated rings. The fourth-order valence-electron chi connectivity index (χ4n) is 1.42. The Kier molecular flexibility index (Phi) is 3.38. The minimum atomic E-state index is -0.219. The van der Waals surface area contributed by atoms with Gasteiger partial charge in [0.25, 0.3) is 5.89 Å². The summed E-state index contributed by atoms with van der Waals surface area (Å²) in [5, 5.41) is 11.6. The Labute approximate surface area is 104 Å². The Balaban J connectivity index is 2.40. The van der Waals surface area contributed by atoms with E-state index in [1.54, 1.807) is 0 Å². The summed E-state index contributed by atoms with van der Waals surface area (Å²) in [6.07, 6.45) is 0.757. The first-order valence-corrected chi connectivity index (χ1v) is 5.84. The van der Waals surface area contributed by atoms with E-state index in [0.29, 0.717) is 11.7 Å². The van der Waals surface area contributed by atoms with Crippen molar-refractivity contribution in [3.05, 3.63) is 23.3 Å². The van der Waals surface area contributed by atoms with Crippen molar-refractivity contribution in [3.8, 4) is 11.5 Å². The Morgan fingerprint density at radius 3 is 2.82 bits per heavy atom. The lowest BCUT2D eigenvalue weighted by molar-refractivity contribution is 0.420. The lowest BCUT2D eigenvalue weighted by Crippen LogP contribution is -1.95. The van der Waals surface area contributed by atoms with Crippen LogP contribution in [0, 0.1) is 13.8 Å². The highest BCUT2D eigenvalue weighted by atomic mass is 35.5. The number of halogens is 1. The third-order valence-corrected chi connectivity index (χ3v) is 2.92. The molecule has 1 unspecified atom stereocenters. The van der Waals surface area contributed by atoms with Crippen LogP contribution in [0.2, 0.25) is 0 Å². The first kappa shape index (κ1) is 12.0. The molecule has 0 aromatic carbocycles. The van der Waals surface area contributed by atoms with Crippen LogP contribution in [0.3, 0.4) is 0 Å². The van der Waals surface area contributed by atoms with Crippen molar-refractivity contribution in [2.75, 3.05) is 0 Å². The molecular weight excluding hydrogens is 240 g/mol. The van der Waals surface area contributed by atoms with E-state index in [0.717, 1.165) is 23.4 Å². The van der Waals surface area contributed by atoms with E-state index in [2.05, 4.69) is 20.3 Å². The van der Waals surface area contributed by atoms with E-state index in [1.807, 2.05) is 26.8 Å². The van der Waals surface area contributed by atoms with Crippen molar-refractivity contribution in [2.45, 2.75) is 32.6 Å². The molecule has 2 rings (SSSR count). The number of rotatable bonds is 3. The van der Waals surface area contributed by atoms with Gasteiger partial charge in [0.1, 0.15) is 0 Å². The Morgan fingerprint density at radius 1 is 1.35 bits per heavy atom. The average Bonchev–Trinajstić information content (AvgIpc) is 2.80. The quantitative estimate of drug-likeness (QED) is 0.786. The zero-order valence-electron chi connectivity index (χ0n) is 9.94. The van der Waals surface area contributed by atoms with E-state index < -0.39 is 0 Å². The van der Waals surface area contributed by atoms with Crippen LogP contribution in [0.15, 0.2) is 10.6 Å². The second kappa shape index (κ2) is 4.79. The van der Waals surface area contributed by atoms with Crippen LogP contribution < -0.4 is 0 Å². The summed E-state index contributed by atoms with van der Waals surface area (Å²) in [7, 11) is 0. The van der Waals surface area contributed by atoms with Gasteiger partial charge in [0.2, 0.25) is 0 Å². The van der Waals surface area contributed by atoms with Crippen molar-refractivity contribution < 1.29 is 4.52 Å². The van der Waals surface area contributed by atoms with Crippen LogP contribution in [0.5, 0.6) is 0 Å². The van der Waals surface area contributed by atoms with Crippen molar-refractivity contribution >= 4 is 11.6 Å². The molecule has 2 aromatic heterocycles. The zero-order valence-corrected chi connectivity index (χ0v) is 10.7. The van der Waals surface area contributed by atoms with E-state index in [9.17, 15) is 0 Å². The van der Waals surface area contributed by atoms with Gasteiger partial charge in [-0.2, -0.15) is 15.2 Å². The molecule has 90 valence electrons. The lowest BCUT2D eigenvalue weighted by atomic mass is 10.2. The summed E-state index contributed by atoms with van der Waals surface area (Å²) < 4.78 is 5.20. The highest BCUT2D eigenvalue weighted by Gasteiger charge is 2.17. The van der Waals surface area contributed by atoms with Crippen LogP contribution >= 0.6 is 11.6 Å². The number of nitrogens with zero attached hydrogens (tertiary/aromatic N) is 4. The first-order chi connectivity index (χ1) is 8.11. The second-order valence-corrected chi connectivity index (χ2v) is 4.35. The summed E-state index contributed by atoms with van der Waals surface area (Å²) in [6, 6.07) is 1.87. The Bertz CT molecular complexity index is 526. The molecule has 1 atom stereocenters. The van der Waals surface area contributed by atoms with E-state index in [1.165, 1.54) is 0 Å². The summed E-state index contributed by atoms with van der Waals surface area (Å²) in [5.41, 5.74) is 2.37. The maximum Gasteiger partial charge on any atom is 0.259 e. The topological polar surface area (TPSA) is 64.7 Å². The predicted octanol–water partition coefficient (Wildman–Crippen LogP) is 2.83. The smallest absolute Gasteiger partial charge is 0.259 e. The predicted molar refractivity (Wildman–Crippen MR) is 63.7 cm³/mol. The van der Waals surface area contributed by atoms with Crippen LogP contribution in [-0.2, 0) is 0 Å². The molecule has 6 heteroatoms. The van der Waals surface area contributed by atoms with Gasteiger partial charge in [0, 0.05) is 0 Å². The van der Waals surface area contributed by atoms with Gasteiger partial charge in [-0.3, -0.25) is 0 Å². The van der Waals surface area contributed by atoms with Crippen molar-refractivity contribution in [1.82, 2.24) is 20.3 Å². The lowest BCUT2D eigenvalue weighted by Gasteiger charge is -1.99. The van der Waals surface area contributed by atoms with Crippen LogP contribution in [0.25, 0.3) is 11.5 Å². The molecule has 0 aliphatic heterocycles. The summed E-state index contributed by atoms with van der Waals surface area (Å²) in [6.45, 7) is 5.68. The standard InChI is InChI=1S/C11H13ClN4O/c1-4-9(12)10-13-11(17-16-10)8-5-6(2)14-15-7(8)3/h5,9H,4H2,1-3H3. The average molecular weight is 253 g/mol. The molecule has 2 heterocycles. The van der Waals surface area contributed by atoms with Gasteiger partial charge in [-0.1, -0.05) is 12.1 Å². The summed E-state index contributed by atoms with van der Waals surface area (Å²) in [5.74, 6) is 0.952. The van der Waals surface area contributed by atoms with Gasteiger partial charge < -0.3 is 4.52 Å². The molecule has 0 spiro atoms. The highest BCUT2D eigenvalue weighted by Crippen LogP contribution is 2.25. The van der Waals surface area contributed by atoms with E-state index >= 15 is 0 Å². The third kappa shape index (κ3) is 2.44. The van der Waals surface area contributed by atoms with Gasteiger partial charge in [0.15, 0.2) is 5.82 Å². The van der Waals surface area contributed by atoms with Gasteiger partial charge in [-0.05, 0) is 26.3 Å². The largest absolute Gasteiger partial charge is 0.334 e. The molecule has 0 amide bonds. The number of aryl methyl sites for hydroxylation is 2. The van der Waals surface area contributed by atoms with Crippen LogP contribution in [0.4, 0.5) is 0 Å². The molecule has 17 heavy (non-hydrogen) atoms. The number of aromatic nitrogens is 4. The Hall–Kier alpha value is -1.49. The molecule has 0 aliphatic carbocycles. The van der Waals surface area contributed by atoms with Gasteiger partial charge >= 0.3 is 0 Å². The molecule has 2 aromatic rings. The molecule has 0 bridgehead atoms. The maximum absolute atomic E-state index is 6.05. The summed E-state index contributed by atoms with van der Waals surface area (Å²) in [4.78, 5) is 4.28. The number of hydrogen-bond acceptors (Lipinski definition) is 5. The molecule has 0 saturated carbocycles. The minimum absolute atomic E-state index is 0.219. The Morgan fingerprint density at radius 2 is 2.12 bits per heavy atom. The van der Waals surface area contributed by atoms with Crippen LogP contribution in [-0.4, -0.2) is 20.3 Å². The van der Waals surface area contributed by atoms with Gasteiger partial charge in [-0.15, -0.1) is 11.6 Å². The first-order valence-electron chi connectivity index (χ1n) is 5.40. The van der Waals surface area contributed by atoms with E-state index in [-0.39, 0.29) is 5.38 Å². The molecule has 0 radical (unpaired) electrons. The third-order valence-electron chi connectivity index (χ3n) is 2.41. The van der Waals surface area contributed by atoms with Crippen molar-refractivity contribution in [2.24, 2.45) is 0 Å². The monoisotopic (exact) mass is 252 g/mol. The van der Waals surface area contributed by atoms with Gasteiger partial charge in [0.05, 0.1) is 22.3 Å². The fourth-order valence-corrected chi connectivity index (χ4v) is 1.51. The maximum atomic E-state index is 6.05. The molecule has 0 saturated heterocycles. The molecule has 0 N–H and O–H groups in total. The van der Waals surface area contributed by atoms with Crippen molar-refractivity contribution in [1.29, 1.82) is 0 Å². The highest BCUT2D eigenvalue weighted by molar-refractivity contribution is 6.20. The van der Waals surface area contributed by atoms with Gasteiger partial charge in [-0.25, -0.2) is 0 Å². The molecular formula is C11H13ClN4O. The molecule has 5 nitrogen and oxygen atoms in total. The van der Waals surface area contributed by atoms with E-state index in [4.69, 9.17) is 16.1 Å². The second-order valence-electron chi connectivity index (χ2n) is 3.82. The molecule has 0 aliphatic rings. The number of hydrogen-bond donors (Lipinski definition) is 0.